The number of benzene rings is 10. The predicted octanol–water partition coefficient (Wildman–Crippen LogP) is 14.7. The second kappa shape index (κ2) is 15.0. The average molecular weight is 768 g/mol. The number of para-hydroxylation sites is 4. The van der Waals surface area contributed by atoms with E-state index in [4.69, 9.17) is 15.0 Å². The van der Waals surface area contributed by atoms with Gasteiger partial charge in [-0.1, -0.05) is 121 Å². The summed E-state index contributed by atoms with van der Waals surface area (Å²) >= 11 is 0. The molecule has 5 nitrogen and oxygen atoms in total. The second-order valence-electron chi connectivity index (χ2n) is 14.9. The zero-order valence-corrected chi connectivity index (χ0v) is 32.6. The van der Waals surface area contributed by atoms with E-state index in [0.717, 1.165) is 56.2 Å². The second-order valence-corrected chi connectivity index (χ2v) is 14.9. The monoisotopic (exact) mass is 767 g/mol. The molecule has 0 saturated carbocycles. The molecule has 11 rings (SSSR count). The zero-order chi connectivity index (χ0) is 39.8. The van der Waals surface area contributed by atoms with Gasteiger partial charge >= 0.3 is 0 Å². The van der Waals surface area contributed by atoms with Gasteiger partial charge in [-0.3, -0.25) is 0 Å². The molecule has 11 aromatic rings. The highest BCUT2D eigenvalue weighted by molar-refractivity contribution is 6.25. The third kappa shape index (κ3) is 6.35. The van der Waals surface area contributed by atoms with Gasteiger partial charge in [0.2, 0.25) is 0 Å². The van der Waals surface area contributed by atoms with Gasteiger partial charge in [-0.25, -0.2) is 15.0 Å². The summed E-state index contributed by atoms with van der Waals surface area (Å²) in [5.74, 6) is 1.85. The van der Waals surface area contributed by atoms with Crippen LogP contribution in [0.2, 0.25) is 0 Å². The van der Waals surface area contributed by atoms with Crippen LogP contribution in [0.25, 0.3) is 66.5 Å². The maximum absolute atomic E-state index is 5.25. The van der Waals surface area contributed by atoms with Gasteiger partial charge < -0.3 is 9.80 Å². The van der Waals surface area contributed by atoms with E-state index in [9.17, 15) is 0 Å². The summed E-state index contributed by atoms with van der Waals surface area (Å²) in [5.41, 5.74) is 9.17. The van der Waals surface area contributed by atoms with Crippen molar-refractivity contribution < 1.29 is 0 Å². The van der Waals surface area contributed by atoms with Gasteiger partial charge in [-0.15, -0.1) is 0 Å². The van der Waals surface area contributed by atoms with E-state index in [1.165, 1.54) is 26.9 Å². The molecule has 0 saturated heterocycles. The fourth-order valence-electron chi connectivity index (χ4n) is 8.41. The fourth-order valence-corrected chi connectivity index (χ4v) is 8.41. The van der Waals surface area contributed by atoms with Crippen molar-refractivity contribution in [3.8, 4) is 34.2 Å². The summed E-state index contributed by atoms with van der Waals surface area (Å²) in [5, 5.41) is 7.25. The van der Waals surface area contributed by atoms with Gasteiger partial charge in [0, 0.05) is 50.8 Å². The van der Waals surface area contributed by atoms with Gasteiger partial charge in [0.1, 0.15) is 0 Å². The Balaban J connectivity index is 1.05. The number of aromatic nitrogens is 3. The first kappa shape index (κ1) is 35.0. The quantitative estimate of drug-likeness (QED) is 0.137. The SMILES string of the molecule is c1ccc(N(c2ccccc2)c2ccc(-c3nc(-c4ccc(N(c5ccccc5)c5ccccc5)cc4)nc(-c4ccc5ccc6cccc7ccc4c5c67)n3)cc2)cc1. The molecule has 10 aromatic carbocycles. The highest BCUT2D eigenvalue weighted by atomic mass is 15.1. The van der Waals surface area contributed by atoms with Crippen LogP contribution in [0.4, 0.5) is 34.1 Å². The van der Waals surface area contributed by atoms with Crippen molar-refractivity contribution in [2.24, 2.45) is 0 Å². The molecule has 0 amide bonds. The highest BCUT2D eigenvalue weighted by Crippen LogP contribution is 2.41. The molecule has 5 heteroatoms. The Hall–Kier alpha value is -8.15. The third-order valence-corrected chi connectivity index (χ3v) is 11.2. The van der Waals surface area contributed by atoms with Crippen LogP contribution in [0.15, 0.2) is 224 Å². The molecule has 0 aliphatic rings. The van der Waals surface area contributed by atoms with E-state index in [1.54, 1.807) is 0 Å². The first-order valence-corrected chi connectivity index (χ1v) is 20.2. The summed E-state index contributed by atoms with van der Waals surface area (Å²) < 4.78 is 0. The predicted molar refractivity (Wildman–Crippen MR) is 249 cm³/mol. The van der Waals surface area contributed by atoms with E-state index in [0.29, 0.717) is 17.5 Å². The Bertz CT molecular complexity index is 2990. The van der Waals surface area contributed by atoms with Crippen LogP contribution < -0.4 is 9.80 Å². The summed E-state index contributed by atoms with van der Waals surface area (Å²) in [6.07, 6.45) is 0. The molecule has 0 bridgehead atoms. The number of hydrogen-bond donors (Lipinski definition) is 0. The molecule has 0 spiro atoms. The Morgan fingerprint density at radius 3 is 1.03 bits per heavy atom. The van der Waals surface area contributed by atoms with Crippen molar-refractivity contribution in [3.05, 3.63) is 224 Å². The van der Waals surface area contributed by atoms with Gasteiger partial charge in [0.05, 0.1) is 0 Å². The van der Waals surface area contributed by atoms with Crippen LogP contribution in [0.3, 0.4) is 0 Å². The summed E-state index contributed by atoms with van der Waals surface area (Å²) in [6.45, 7) is 0. The Labute approximate surface area is 348 Å². The molecule has 0 unspecified atom stereocenters. The summed E-state index contributed by atoms with van der Waals surface area (Å²) in [7, 11) is 0. The lowest BCUT2D eigenvalue weighted by Crippen LogP contribution is -2.09. The average Bonchev–Trinajstić information content (AvgIpc) is 3.33. The first-order valence-electron chi connectivity index (χ1n) is 20.2. The smallest absolute Gasteiger partial charge is 0.164 e. The molecule has 1 aromatic heterocycles. The molecule has 0 aliphatic heterocycles. The minimum atomic E-state index is 0.609. The lowest BCUT2D eigenvalue weighted by molar-refractivity contribution is 1.08. The molecule has 60 heavy (non-hydrogen) atoms. The Morgan fingerprint density at radius 2 is 0.600 bits per heavy atom. The van der Waals surface area contributed by atoms with Crippen LogP contribution in [0, 0.1) is 0 Å². The number of nitrogens with zero attached hydrogens (tertiary/aromatic N) is 5. The molecule has 0 fully saturated rings. The molecule has 1 heterocycles. The summed E-state index contributed by atoms with van der Waals surface area (Å²) in [6, 6.07) is 78.5. The third-order valence-electron chi connectivity index (χ3n) is 11.2. The molecular weight excluding hydrogens is 731 g/mol. The minimum Gasteiger partial charge on any atom is -0.311 e. The van der Waals surface area contributed by atoms with Crippen LogP contribution in [-0.2, 0) is 0 Å². The van der Waals surface area contributed by atoms with Crippen molar-refractivity contribution >= 4 is 66.4 Å². The van der Waals surface area contributed by atoms with Crippen molar-refractivity contribution in [1.29, 1.82) is 0 Å². The van der Waals surface area contributed by atoms with Gasteiger partial charge in [-0.05, 0) is 135 Å². The maximum atomic E-state index is 5.25. The van der Waals surface area contributed by atoms with E-state index in [1.807, 2.05) is 24.3 Å². The van der Waals surface area contributed by atoms with E-state index >= 15 is 0 Å². The fraction of sp³-hybridized carbons (Fsp3) is 0. The molecule has 0 aliphatic carbocycles. The van der Waals surface area contributed by atoms with E-state index in [2.05, 4.69) is 210 Å². The standard InChI is InChI=1S/C55H37N5/c1-5-16-43(17-6-1)59(44-18-7-2-8-19-44)47-32-26-41(27-33-47)53-56-54(42-28-34-48(35-29-42)60(45-20-9-3-10-21-45)46-22-11-4-12-23-46)58-55(57-53)50-37-31-40-25-24-38-14-13-15-39-30-36-49(50)52(40)51(38)39/h1-37H. The van der Waals surface area contributed by atoms with Crippen LogP contribution in [0.1, 0.15) is 0 Å². The Morgan fingerprint density at radius 1 is 0.250 bits per heavy atom. The van der Waals surface area contributed by atoms with E-state index in [-0.39, 0.29) is 0 Å². The molecule has 0 N–H and O–H groups in total. The largest absolute Gasteiger partial charge is 0.311 e. The normalized spacial score (nSPS) is 11.3. The van der Waals surface area contributed by atoms with Crippen LogP contribution in [0.5, 0.6) is 0 Å². The van der Waals surface area contributed by atoms with Crippen LogP contribution >= 0.6 is 0 Å². The van der Waals surface area contributed by atoms with Crippen molar-refractivity contribution in [2.45, 2.75) is 0 Å². The lowest BCUT2D eigenvalue weighted by Gasteiger charge is -2.25. The molecule has 282 valence electrons. The highest BCUT2D eigenvalue weighted by Gasteiger charge is 2.19. The topological polar surface area (TPSA) is 45.2 Å². The Kier molecular flexibility index (Phi) is 8.75. The minimum absolute atomic E-state index is 0.609. The molecular formula is C55H37N5. The van der Waals surface area contributed by atoms with E-state index < -0.39 is 0 Å². The zero-order valence-electron chi connectivity index (χ0n) is 32.6. The molecule has 0 atom stereocenters. The van der Waals surface area contributed by atoms with Gasteiger partial charge in [-0.2, -0.15) is 0 Å². The first-order chi connectivity index (χ1) is 29.7. The number of anilines is 6. The number of rotatable bonds is 9. The summed E-state index contributed by atoms with van der Waals surface area (Å²) in [4.78, 5) is 20.2. The van der Waals surface area contributed by atoms with Crippen molar-refractivity contribution in [3.63, 3.8) is 0 Å². The number of hydrogen-bond acceptors (Lipinski definition) is 5. The van der Waals surface area contributed by atoms with Gasteiger partial charge in [0.25, 0.3) is 0 Å². The van der Waals surface area contributed by atoms with Crippen LogP contribution in [-0.4, -0.2) is 15.0 Å². The van der Waals surface area contributed by atoms with Crippen molar-refractivity contribution in [2.75, 3.05) is 9.80 Å². The van der Waals surface area contributed by atoms with Crippen molar-refractivity contribution in [1.82, 2.24) is 15.0 Å². The molecule has 0 radical (unpaired) electrons. The lowest BCUT2D eigenvalue weighted by atomic mass is 9.92. The maximum Gasteiger partial charge on any atom is 0.164 e. The van der Waals surface area contributed by atoms with Gasteiger partial charge in [0.15, 0.2) is 17.5 Å².